The first kappa shape index (κ1) is 22.9. The Morgan fingerprint density at radius 3 is 2.73 bits per heavy atom. The second-order valence-corrected chi connectivity index (χ2v) is 9.69. The van der Waals surface area contributed by atoms with Gasteiger partial charge in [-0.15, -0.1) is 0 Å². The molecule has 172 valence electrons. The maximum absolute atomic E-state index is 13.8. The van der Waals surface area contributed by atoms with E-state index in [1.165, 1.54) is 23.9 Å². The minimum atomic E-state index is -1.06. The van der Waals surface area contributed by atoms with E-state index in [0.29, 0.717) is 15.1 Å². The fourth-order valence-corrected chi connectivity index (χ4v) is 5.61. The molecule has 1 aromatic carbocycles. The second kappa shape index (κ2) is 10.1. The van der Waals surface area contributed by atoms with Gasteiger partial charge in [-0.2, -0.15) is 0 Å². The molecule has 0 saturated heterocycles. The molecule has 4 rings (SSSR count). The van der Waals surface area contributed by atoms with Crippen LogP contribution in [0.25, 0.3) is 0 Å². The largest absolute Gasteiger partial charge is 0.481 e. The molecule has 1 fully saturated rings. The van der Waals surface area contributed by atoms with Gasteiger partial charge in [0.2, 0.25) is 0 Å². The topological polar surface area (TPSA) is 137 Å². The number of imidazole rings is 1. The number of anilines is 2. The highest BCUT2D eigenvalue weighted by Gasteiger charge is 2.26. The number of nitrogens with zero attached hydrogens (tertiary/aromatic N) is 2. The number of rotatable bonds is 8. The van der Waals surface area contributed by atoms with Gasteiger partial charge in [0.1, 0.15) is 5.82 Å². The fraction of sp³-hybridized carbons (Fsp3) is 0.286. The van der Waals surface area contributed by atoms with E-state index in [2.05, 4.69) is 25.6 Å². The maximum atomic E-state index is 13.8. The Balaban J connectivity index is 1.50. The maximum Gasteiger partial charge on any atom is 0.325 e. The quantitative estimate of drug-likeness (QED) is 0.334. The van der Waals surface area contributed by atoms with Crippen LogP contribution in [0.1, 0.15) is 41.7 Å². The molecule has 1 aliphatic carbocycles. The molecule has 9 nitrogen and oxygen atoms in total. The Kier molecular flexibility index (Phi) is 7.04. The van der Waals surface area contributed by atoms with Crippen molar-refractivity contribution in [3.63, 3.8) is 0 Å². The SMILES string of the molecule is O=C(O)Cc1nc(NC(=O)Nc2ccc(F)cc2C(=O)C2CCCC2)sc1Sc1ncc[nH]1. The van der Waals surface area contributed by atoms with Crippen molar-refractivity contribution in [2.24, 2.45) is 5.92 Å². The summed E-state index contributed by atoms with van der Waals surface area (Å²) in [5.74, 6) is -1.97. The molecule has 0 unspecified atom stereocenters. The summed E-state index contributed by atoms with van der Waals surface area (Å²) in [7, 11) is 0. The zero-order valence-electron chi connectivity index (χ0n) is 17.3. The molecule has 2 amide bonds. The van der Waals surface area contributed by atoms with Gasteiger partial charge in [0.05, 0.1) is 22.0 Å². The molecule has 4 N–H and O–H groups in total. The number of H-pyrrole nitrogens is 1. The summed E-state index contributed by atoms with van der Waals surface area (Å²) >= 11 is 2.31. The van der Waals surface area contributed by atoms with Crippen molar-refractivity contribution in [2.75, 3.05) is 10.6 Å². The third-order valence-corrected chi connectivity index (χ3v) is 7.23. The average Bonchev–Trinajstić information content (AvgIpc) is 3.52. The number of aromatic nitrogens is 3. The summed E-state index contributed by atoms with van der Waals surface area (Å²) < 4.78 is 14.4. The van der Waals surface area contributed by atoms with Crippen LogP contribution in [0.15, 0.2) is 40.0 Å². The fourth-order valence-electron chi connectivity index (χ4n) is 3.61. The van der Waals surface area contributed by atoms with Crippen LogP contribution in [-0.4, -0.2) is 37.8 Å². The van der Waals surface area contributed by atoms with Gasteiger partial charge in [-0.05, 0) is 42.8 Å². The molecule has 2 aromatic heterocycles. The van der Waals surface area contributed by atoms with Crippen LogP contribution in [-0.2, 0) is 11.2 Å². The van der Waals surface area contributed by atoms with Crippen LogP contribution < -0.4 is 10.6 Å². The summed E-state index contributed by atoms with van der Waals surface area (Å²) in [6.07, 6.45) is 6.30. The number of carbonyl (C=O) groups is 3. The van der Waals surface area contributed by atoms with Crippen LogP contribution in [0.2, 0.25) is 0 Å². The van der Waals surface area contributed by atoms with E-state index in [9.17, 15) is 18.8 Å². The lowest BCUT2D eigenvalue weighted by molar-refractivity contribution is -0.136. The summed E-state index contributed by atoms with van der Waals surface area (Å²) in [5.41, 5.74) is 0.637. The van der Waals surface area contributed by atoms with E-state index in [1.807, 2.05) is 0 Å². The number of benzene rings is 1. The zero-order valence-corrected chi connectivity index (χ0v) is 18.9. The smallest absolute Gasteiger partial charge is 0.325 e. The molecule has 33 heavy (non-hydrogen) atoms. The molecule has 0 radical (unpaired) electrons. The number of hydrogen-bond acceptors (Lipinski definition) is 7. The summed E-state index contributed by atoms with van der Waals surface area (Å²) in [6, 6.07) is 3.00. The van der Waals surface area contributed by atoms with Crippen LogP contribution in [0.4, 0.5) is 20.0 Å². The summed E-state index contributed by atoms with van der Waals surface area (Å²) in [5, 5.41) is 15.1. The van der Waals surface area contributed by atoms with Crippen molar-refractivity contribution >= 4 is 51.7 Å². The molecule has 3 aromatic rings. The van der Waals surface area contributed by atoms with Gasteiger partial charge in [-0.25, -0.2) is 19.2 Å². The van der Waals surface area contributed by atoms with Crippen LogP contribution in [0, 0.1) is 11.7 Å². The monoisotopic (exact) mass is 489 g/mol. The molecule has 0 atom stereocenters. The number of aliphatic carboxylic acids is 1. The highest BCUT2D eigenvalue weighted by atomic mass is 32.2. The molecule has 0 aliphatic heterocycles. The number of amides is 2. The highest BCUT2D eigenvalue weighted by molar-refractivity contribution is 8.01. The van der Waals surface area contributed by atoms with E-state index >= 15 is 0 Å². The lowest BCUT2D eigenvalue weighted by Gasteiger charge is -2.14. The molecular weight excluding hydrogens is 469 g/mol. The van der Waals surface area contributed by atoms with Crippen LogP contribution >= 0.6 is 23.1 Å². The van der Waals surface area contributed by atoms with E-state index in [1.54, 1.807) is 12.4 Å². The number of aromatic amines is 1. The Hall–Kier alpha value is -3.25. The molecule has 0 spiro atoms. The Morgan fingerprint density at radius 1 is 1.24 bits per heavy atom. The van der Waals surface area contributed by atoms with Crippen LogP contribution in [0.5, 0.6) is 0 Å². The molecule has 0 bridgehead atoms. The number of thiazole rings is 1. The number of carboxylic acid groups (broad SMARTS) is 1. The van der Waals surface area contributed by atoms with Gasteiger partial charge in [-0.1, -0.05) is 24.2 Å². The number of halogens is 1. The van der Waals surface area contributed by atoms with Gasteiger partial charge < -0.3 is 15.4 Å². The number of nitrogens with one attached hydrogen (secondary N) is 3. The Morgan fingerprint density at radius 2 is 2.03 bits per heavy atom. The van der Waals surface area contributed by atoms with Crippen molar-refractivity contribution in [3.05, 3.63) is 47.7 Å². The van der Waals surface area contributed by atoms with Crippen molar-refractivity contribution in [2.45, 2.75) is 41.5 Å². The number of ketones is 1. The zero-order chi connectivity index (χ0) is 23.4. The van der Waals surface area contributed by atoms with Gasteiger partial charge in [0, 0.05) is 23.9 Å². The van der Waals surface area contributed by atoms with Crippen molar-refractivity contribution in [1.82, 2.24) is 15.0 Å². The number of carbonyl (C=O) groups excluding carboxylic acids is 2. The first-order valence-corrected chi connectivity index (χ1v) is 11.8. The normalized spacial score (nSPS) is 13.7. The number of Topliss-reactive ketones (excluding diaryl/α,β-unsaturated/α-hetero) is 1. The summed E-state index contributed by atoms with van der Waals surface area (Å²) in [6.45, 7) is 0. The first-order valence-electron chi connectivity index (χ1n) is 10.2. The van der Waals surface area contributed by atoms with Gasteiger partial charge in [0.25, 0.3) is 0 Å². The third kappa shape index (κ3) is 5.76. The predicted octanol–water partition coefficient (Wildman–Crippen LogP) is 4.80. The van der Waals surface area contributed by atoms with Crippen molar-refractivity contribution in [1.29, 1.82) is 0 Å². The summed E-state index contributed by atoms with van der Waals surface area (Å²) in [4.78, 5) is 47.9. The molecule has 1 aliphatic rings. The number of carboxylic acids is 1. The van der Waals surface area contributed by atoms with Gasteiger partial charge in [0.15, 0.2) is 16.1 Å². The van der Waals surface area contributed by atoms with Crippen molar-refractivity contribution < 1.29 is 23.9 Å². The van der Waals surface area contributed by atoms with E-state index in [4.69, 9.17) is 5.11 Å². The lowest BCUT2D eigenvalue weighted by atomic mass is 9.95. The molecular formula is C21H20FN5O4S2. The highest BCUT2D eigenvalue weighted by Crippen LogP contribution is 2.36. The molecule has 1 saturated carbocycles. The van der Waals surface area contributed by atoms with E-state index in [0.717, 1.165) is 43.1 Å². The minimum absolute atomic E-state index is 0.136. The van der Waals surface area contributed by atoms with E-state index in [-0.39, 0.29) is 34.5 Å². The first-order chi connectivity index (χ1) is 15.9. The van der Waals surface area contributed by atoms with Crippen LogP contribution in [0.3, 0.4) is 0 Å². The van der Waals surface area contributed by atoms with E-state index < -0.39 is 17.8 Å². The second-order valence-electron chi connectivity index (χ2n) is 7.43. The standard InChI is InChI=1S/C21H20FN5O4S2/c22-12-5-6-14(13(9-12)17(30)11-3-1-2-4-11)25-19(31)27-21-26-15(10-16(28)29)18(33-21)32-20-23-7-8-24-20/h5-9,11H,1-4,10H2,(H,23,24)(H,28,29)(H2,25,26,27,31). The lowest BCUT2D eigenvalue weighted by Crippen LogP contribution is -2.22. The molecule has 12 heteroatoms. The Bertz CT molecular complexity index is 1180. The number of hydrogen-bond donors (Lipinski definition) is 4. The Labute approximate surface area is 196 Å². The number of urea groups is 1. The molecule has 2 heterocycles. The third-order valence-electron chi connectivity index (χ3n) is 5.08. The average molecular weight is 490 g/mol. The van der Waals surface area contributed by atoms with Gasteiger partial charge in [-0.3, -0.25) is 14.9 Å². The minimum Gasteiger partial charge on any atom is -0.481 e. The van der Waals surface area contributed by atoms with Crippen molar-refractivity contribution in [3.8, 4) is 0 Å². The predicted molar refractivity (Wildman–Crippen MR) is 121 cm³/mol. The van der Waals surface area contributed by atoms with Gasteiger partial charge >= 0.3 is 12.0 Å².